The zero-order valence-corrected chi connectivity index (χ0v) is 8.36. The summed E-state index contributed by atoms with van der Waals surface area (Å²) < 4.78 is 0. The van der Waals surface area contributed by atoms with Crippen LogP contribution in [0.2, 0.25) is 5.02 Å². The third-order valence-electron chi connectivity index (χ3n) is 1.42. The second-order valence-corrected chi connectivity index (χ2v) is 3.24. The molecule has 0 atom stereocenters. The zero-order valence-electron chi connectivity index (χ0n) is 6.71. The molecule has 0 unspecified atom stereocenters. The lowest BCUT2D eigenvalue weighted by Crippen LogP contribution is -1.93. The third-order valence-corrected chi connectivity index (χ3v) is 2.06. The molecule has 1 aromatic carbocycles. The molecule has 1 N–H and O–H groups in total. The molecular formula is C9H10ClNS. The summed E-state index contributed by atoms with van der Waals surface area (Å²) in [5.41, 5.74) is 1.05. The van der Waals surface area contributed by atoms with Gasteiger partial charge in [0.2, 0.25) is 0 Å². The average molecular weight is 200 g/mol. The number of hydrogen-bond acceptors (Lipinski definition) is 2. The number of nitrogens with one attached hydrogen (secondary N) is 1. The smallest absolute Gasteiger partial charge is 0.0406 e. The van der Waals surface area contributed by atoms with Gasteiger partial charge in [0, 0.05) is 23.2 Å². The normalized spacial score (nSPS) is 11.4. The van der Waals surface area contributed by atoms with Gasteiger partial charge in [-0.15, -0.1) is 12.6 Å². The summed E-state index contributed by atoms with van der Waals surface area (Å²) >= 11 is 10.0. The molecular weight excluding hydrogens is 190 g/mol. The van der Waals surface area contributed by atoms with E-state index < -0.39 is 0 Å². The van der Waals surface area contributed by atoms with Gasteiger partial charge in [-0.05, 0) is 17.7 Å². The topological polar surface area (TPSA) is 12.0 Å². The Balaban J connectivity index is 2.89. The molecule has 0 aliphatic carbocycles. The molecule has 0 bridgehead atoms. The second kappa shape index (κ2) is 4.43. The van der Waals surface area contributed by atoms with Crippen LogP contribution >= 0.6 is 24.2 Å². The number of thiol groups is 1. The Labute approximate surface area is 82.8 Å². The first-order valence-corrected chi connectivity index (χ1v) is 4.39. The van der Waals surface area contributed by atoms with Crippen LogP contribution in [0.4, 0.5) is 0 Å². The minimum Gasteiger partial charge on any atom is -0.393 e. The van der Waals surface area contributed by atoms with E-state index in [2.05, 4.69) is 17.9 Å². The Kier molecular flexibility index (Phi) is 3.50. The van der Waals surface area contributed by atoms with Crippen LogP contribution in [0.15, 0.2) is 30.5 Å². The van der Waals surface area contributed by atoms with Gasteiger partial charge < -0.3 is 5.32 Å². The molecule has 64 valence electrons. The number of rotatable bonds is 2. The van der Waals surface area contributed by atoms with Crippen LogP contribution in [0.25, 0.3) is 4.91 Å². The Hall–Kier alpha value is -0.600. The van der Waals surface area contributed by atoms with Crippen molar-refractivity contribution in [2.75, 3.05) is 7.05 Å². The average Bonchev–Trinajstić information content (AvgIpc) is 2.06. The summed E-state index contributed by atoms with van der Waals surface area (Å²) in [5.74, 6) is 0. The highest BCUT2D eigenvalue weighted by Crippen LogP contribution is 2.19. The Morgan fingerprint density at radius 2 is 2.00 bits per heavy atom. The standard InChI is InChI=1S/C9H10ClNS/c1-11-6-9(12)7-2-4-8(10)5-3-7/h2-6,11-12H,1H3/b9-6-. The van der Waals surface area contributed by atoms with E-state index in [0.717, 1.165) is 15.5 Å². The van der Waals surface area contributed by atoms with Crippen molar-refractivity contribution < 1.29 is 0 Å². The van der Waals surface area contributed by atoms with Gasteiger partial charge in [0.25, 0.3) is 0 Å². The van der Waals surface area contributed by atoms with Crippen LogP contribution < -0.4 is 5.32 Å². The van der Waals surface area contributed by atoms with Crippen molar-refractivity contribution in [2.45, 2.75) is 0 Å². The highest BCUT2D eigenvalue weighted by Gasteiger charge is 1.94. The van der Waals surface area contributed by atoms with Crippen molar-refractivity contribution in [3.8, 4) is 0 Å². The SMILES string of the molecule is CN/C=C(\S)c1ccc(Cl)cc1. The lowest BCUT2D eigenvalue weighted by Gasteiger charge is -1.99. The van der Waals surface area contributed by atoms with Crippen LogP contribution in [0.5, 0.6) is 0 Å². The lowest BCUT2D eigenvalue weighted by molar-refractivity contribution is 1.11. The van der Waals surface area contributed by atoms with Gasteiger partial charge in [-0.3, -0.25) is 0 Å². The maximum absolute atomic E-state index is 5.73. The van der Waals surface area contributed by atoms with Gasteiger partial charge >= 0.3 is 0 Å². The minimum atomic E-state index is 0.740. The first kappa shape index (κ1) is 9.49. The molecule has 0 aliphatic rings. The first-order valence-electron chi connectivity index (χ1n) is 3.56. The fourth-order valence-corrected chi connectivity index (χ4v) is 1.24. The minimum absolute atomic E-state index is 0.740. The third kappa shape index (κ3) is 2.47. The summed E-state index contributed by atoms with van der Waals surface area (Å²) in [6, 6.07) is 7.55. The van der Waals surface area contributed by atoms with Crippen LogP contribution in [-0.4, -0.2) is 7.05 Å². The molecule has 1 rings (SSSR count). The monoisotopic (exact) mass is 199 g/mol. The fourth-order valence-electron chi connectivity index (χ4n) is 0.841. The first-order chi connectivity index (χ1) is 5.74. The molecule has 1 aromatic rings. The highest BCUT2D eigenvalue weighted by atomic mass is 35.5. The molecule has 0 aromatic heterocycles. The molecule has 0 spiro atoms. The van der Waals surface area contributed by atoms with E-state index in [1.807, 2.05) is 37.5 Å². The molecule has 12 heavy (non-hydrogen) atoms. The Bertz CT molecular complexity index is 279. The predicted molar refractivity (Wildman–Crippen MR) is 57.5 cm³/mol. The maximum Gasteiger partial charge on any atom is 0.0406 e. The van der Waals surface area contributed by atoms with E-state index in [1.54, 1.807) is 0 Å². The van der Waals surface area contributed by atoms with E-state index in [-0.39, 0.29) is 0 Å². The predicted octanol–water partition coefficient (Wildman–Crippen LogP) is 2.79. The molecule has 3 heteroatoms. The molecule has 0 heterocycles. The quantitative estimate of drug-likeness (QED) is 0.699. The summed E-state index contributed by atoms with van der Waals surface area (Å²) in [5, 5.41) is 3.65. The van der Waals surface area contributed by atoms with Gasteiger partial charge in [-0.25, -0.2) is 0 Å². The van der Waals surface area contributed by atoms with Crippen LogP contribution in [0.1, 0.15) is 5.56 Å². The van der Waals surface area contributed by atoms with Gasteiger partial charge in [0.1, 0.15) is 0 Å². The van der Waals surface area contributed by atoms with Crippen molar-refractivity contribution in [1.82, 2.24) is 5.32 Å². The van der Waals surface area contributed by atoms with Crippen LogP contribution in [-0.2, 0) is 0 Å². The van der Waals surface area contributed by atoms with Crippen LogP contribution in [0, 0.1) is 0 Å². The number of hydrogen-bond donors (Lipinski definition) is 2. The van der Waals surface area contributed by atoms with Crippen molar-refractivity contribution in [2.24, 2.45) is 0 Å². The Morgan fingerprint density at radius 1 is 1.42 bits per heavy atom. The highest BCUT2D eigenvalue weighted by molar-refractivity contribution is 7.90. The van der Waals surface area contributed by atoms with E-state index in [9.17, 15) is 0 Å². The van der Waals surface area contributed by atoms with E-state index in [0.29, 0.717) is 0 Å². The second-order valence-electron chi connectivity index (χ2n) is 2.33. The fraction of sp³-hybridized carbons (Fsp3) is 0.111. The van der Waals surface area contributed by atoms with Gasteiger partial charge in [-0.2, -0.15) is 0 Å². The molecule has 0 amide bonds. The molecule has 1 nitrogen and oxygen atoms in total. The summed E-state index contributed by atoms with van der Waals surface area (Å²) in [7, 11) is 1.84. The molecule has 0 aliphatic heterocycles. The van der Waals surface area contributed by atoms with Gasteiger partial charge in [-0.1, -0.05) is 23.7 Å². The number of benzene rings is 1. The van der Waals surface area contributed by atoms with E-state index >= 15 is 0 Å². The zero-order chi connectivity index (χ0) is 8.97. The summed E-state index contributed by atoms with van der Waals surface area (Å²) in [6.45, 7) is 0. The van der Waals surface area contributed by atoms with Crippen molar-refractivity contribution in [1.29, 1.82) is 0 Å². The van der Waals surface area contributed by atoms with Crippen molar-refractivity contribution in [3.05, 3.63) is 41.1 Å². The molecule has 0 fully saturated rings. The Morgan fingerprint density at radius 3 is 2.50 bits per heavy atom. The van der Waals surface area contributed by atoms with Crippen molar-refractivity contribution >= 4 is 29.1 Å². The molecule has 0 saturated heterocycles. The van der Waals surface area contributed by atoms with Crippen molar-refractivity contribution in [3.63, 3.8) is 0 Å². The summed E-state index contributed by atoms with van der Waals surface area (Å²) in [6.07, 6.45) is 1.83. The number of halogens is 1. The van der Waals surface area contributed by atoms with E-state index in [4.69, 9.17) is 11.6 Å². The molecule has 0 radical (unpaired) electrons. The van der Waals surface area contributed by atoms with E-state index in [1.165, 1.54) is 0 Å². The summed E-state index contributed by atoms with van der Waals surface area (Å²) in [4.78, 5) is 0.897. The van der Waals surface area contributed by atoms with Gasteiger partial charge in [0.15, 0.2) is 0 Å². The molecule has 0 saturated carbocycles. The largest absolute Gasteiger partial charge is 0.393 e. The lowest BCUT2D eigenvalue weighted by atomic mass is 10.2. The van der Waals surface area contributed by atoms with Gasteiger partial charge in [0.05, 0.1) is 0 Å². The maximum atomic E-state index is 5.73. The van der Waals surface area contributed by atoms with Crippen LogP contribution in [0.3, 0.4) is 0 Å².